The summed E-state index contributed by atoms with van der Waals surface area (Å²) in [6.07, 6.45) is 1.71. The lowest BCUT2D eigenvalue weighted by Crippen LogP contribution is -2.39. The molecule has 1 unspecified atom stereocenters. The van der Waals surface area contributed by atoms with Crippen molar-refractivity contribution in [3.8, 4) is 0 Å². The fourth-order valence-corrected chi connectivity index (χ4v) is 1.21. The Labute approximate surface area is 93.5 Å². The Hall–Kier alpha value is -1.91. The van der Waals surface area contributed by atoms with Gasteiger partial charge in [-0.1, -0.05) is 6.07 Å². The Morgan fingerprint density at radius 2 is 2.25 bits per heavy atom. The van der Waals surface area contributed by atoms with Crippen LogP contribution in [-0.4, -0.2) is 28.0 Å². The first-order chi connectivity index (χ1) is 7.50. The quantitative estimate of drug-likeness (QED) is 0.778. The van der Waals surface area contributed by atoms with Gasteiger partial charge in [0.15, 0.2) is 0 Å². The van der Waals surface area contributed by atoms with Gasteiger partial charge >= 0.3 is 5.97 Å². The van der Waals surface area contributed by atoms with Gasteiger partial charge in [-0.15, -0.1) is 0 Å². The molecule has 5 heteroatoms. The molecule has 0 aliphatic rings. The molecule has 1 amide bonds. The highest BCUT2D eigenvalue weighted by Gasteiger charge is 2.14. The number of rotatable bonds is 4. The van der Waals surface area contributed by atoms with Crippen molar-refractivity contribution in [2.75, 3.05) is 0 Å². The SMILES string of the molecule is Cc1cccnc1CC(=O)NC(C)C(=O)O. The van der Waals surface area contributed by atoms with E-state index in [9.17, 15) is 9.59 Å². The number of carboxylic acid groups (broad SMARTS) is 1. The number of amides is 1. The van der Waals surface area contributed by atoms with Crippen molar-refractivity contribution >= 4 is 11.9 Å². The minimum absolute atomic E-state index is 0.101. The van der Waals surface area contributed by atoms with Gasteiger partial charge in [0.2, 0.25) is 5.91 Å². The van der Waals surface area contributed by atoms with Crippen LogP contribution in [0.1, 0.15) is 18.2 Å². The molecular weight excluding hydrogens is 208 g/mol. The molecule has 0 saturated carbocycles. The average Bonchev–Trinajstić information content (AvgIpc) is 2.21. The lowest BCUT2D eigenvalue weighted by atomic mass is 10.1. The van der Waals surface area contributed by atoms with E-state index < -0.39 is 12.0 Å². The summed E-state index contributed by atoms with van der Waals surface area (Å²) < 4.78 is 0. The maximum atomic E-state index is 11.5. The summed E-state index contributed by atoms with van der Waals surface area (Å²) in [5, 5.41) is 11.0. The third kappa shape index (κ3) is 3.34. The van der Waals surface area contributed by atoms with Crippen molar-refractivity contribution < 1.29 is 14.7 Å². The number of aromatic nitrogens is 1. The number of carbonyl (C=O) groups is 2. The van der Waals surface area contributed by atoms with Crippen LogP contribution in [0, 0.1) is 6.92 Å². The summed E-state index contributed by atoms with van der Waals surface area (Å²) in [6, 6.07) is 2.77. The van der Waals surface area contributed by atoms with Gasteiger partial charge in [0, 0.05) is 6.20 Å². The zero-order valence-electron chi connectivity index (χ0n) is 9.23. The molecule has 1 heterocycles. The number of carbonyl (C=O) groups excluding carboxylic acids is 1. The van der Waals surface area contributed by atoms with Crippen LogP contribution >= 0.6 is 0 Å². The molecule has 1 aromatic heterocycles. The molecule has 86 valence electrons. The summed E-state index contributed by atoms with van der Waals surface area (Å²) in [5.74, 6) is -1.39. The third-order valence-corrected chi connectivity index (χ3v) is 2.19. The van der Waals surface area contributed by atoms with Crippen molar-refractivity contribution in [3.05, 3.63) is 29.6 Å². The monoisotopic (exact) mass is 222 g/mol. The number of aryl methyl sites for hydroxylation is 1. The highest BCUT2D eigenvalue weighted by atomic mass is 16.4. The Kier molecular flexibility index (Phi) is 3.99. The van der Waals surface area contributed by atoms with Gasteiger partial charge in [-0.3, -0.25) is 14.6 Å². The summed E-state index contributed by atoms with van der Waals surface area (Å²) in [6.45, 7) is 3.28. The van der Waals surface area contributed by atoms with Crippen LogP contribution in [0.2, 0.25) is 0 Å². The molecule has 0 bridgehead atoms. The van der Waals surface area contributed by atoms with Crippen LogP contribution in [0.25, 0.3) is 0 Å². The zero-order valence-corrected chi connectivity index (χ0v) is 9.23. The minimum atomic E-state index is -1.05. The predicted molar refractivity (Wildman–Crippen MR) is 57.9 cm³/mol. The van der Waals surface area contributed by atoms with E-state index in [2.05, 4.69) is 10.3 Å². The Balaban J connectivity index is 2.59. The van der Waals surface area contributed by atoms with Gasteiger partial charge in [0.05, 0.1) is 12.1 Å². The van der Waals surface area contributed by atoms with Gasteiger partial charge in [-0.25, -0.2) is 0 Å². The van der Waals surface area contributed by atoms with Crippen molar-refractivity contribution in [1.29, 1.82) is 0 Å². The molecule has 5 nitrogen and oxygen atoms in total. The molecule has 2 N–H and O–H groups in total. The molecule has 1 rings (SSSR count). The number of pyridine rings is 1. The topological polar surface area (TPSA) is 79.3 Å². The van der Waals surface area contributed by atoms with Crippen LogP contribution in [-0.2, 0) is 16.0 Å². The fourth-order valence-electron chi connectivity index (χ4n) is 1.21. The predicted octanol–water partition coefficient (Wildman–Crippen LogP) is 0.522. The molecule has 0 aliphatic carbocycles. The summed E-state index contributed by atoms with van der Waals surface area (Å²) in [4.78, 5) is 26.1. The highest BCUT2D eigenvalue weighted by molar-refractivity contribution is 5.84. The van der Waals surface area contributed by atoms with Crippen LogP contribution in [0.5, 0.6) is 0 Å². The van der Waals surface area contributed by atoms with E-state index in [4.69, 9.17) is 5.11 Å². The van der Waals surface area contributed by atoms with E-state index in [1.165, 1.54) is 6.92 Å². The largest absolute Gasteiger partial charge is 0.480 e. The number of nitrogens with one attached hydrogen (secondary N) is 1. The highest BCUT2D eigenvalue weighted by Crippen LogP contribution is 2.03. The second-order valence-electron chi connectivity index (χ2n) is 3.57. The van der Waals surface area contributed by atoms with Gasteiger partial charge in [0.25, 0.3) is 0 Å². The zero-order chi connectivity index (χ0) is 12.1. The Morgan fingerprint density at radius 1 is 1.56 bits per heavy atom. The van der Waals surface area contributed by atoms with Crippen LogP contribution in [0.4, 0.5) is 0 Å². The Morgan fingerprint density at radius 3 is 2.81 bits per heavy atom. The number of nitrogens with zero attached hydrogens (tertiary/aromatic N) is 1. The van der Waals surface area contributed by atoms with Crippen LogP contribution in [0.3, 0.4) is 0 Å². The first-order valence-electron chi connectivity index (χ1n) is 4.93. The number of hydrogen-bond acceptors (Lipinski definition) is 3. The van der Waals surface area contributed by atoms with E-state index in [0.29, 0.717) is 5.69 Å². The van der Waals surface area contributed by atoms with Gasteiger partial charge in [-0.2, -0.15) is 0 Å². The van der Waals surface area contributed by atoms with Crippen molar-refractivity contribution in [2.45, 2.75) is 26.3 Å². The van der Waals surface area contributed by atoms with E-state index >= 15 is 0 Å². The second kappa shape index (κ2) is 5.25. The minimum Gasteiger partial charge on any atom is -0.480 e. The fraction of sp³-hybridized carbons (Fsp3) is 0.364. The van der Waals surface area contributed by atoms with E-state index in [0.717, 1.165) is 5.56 Å². The first kappa shape index (κ1) is 12.2. The van der Waals surface area contributed by atoms with Crippen molar-refractivity contribution in [2.24, 2.45) is 0 Å². The molecule has 0 spiro atoms. The summed E-state index contributed by atoms with van der Waals surface area (Å²) in [5.41, 5.74) is 1.58. The standard InChI is InChI=1S/C11H14N2O3/c1-7-4-3-5-12-9(7)6-10(14)13-8(2)11(15)16/h3-5,8H,6H2,1-2H3,(H,13,14)(H,15,16). The van der Waals surface area contributed by atoms with E-state index in [-0.39, 0.29) is 12.3 Å². The van der Waals surface area contributed by atoms with Crippen LogP contribution in [0.15, 0.2) is 18.3 Å². The average molecular weight is 222 g/mol. The molecule has 0 aliphatic heterocycles. The normalized spacial score (nSPS) is 11.9. The number of hydrogen-bond donors (Lipinski definition) is 2. The van der Waals surface area contributed by atoms with E-state index in [1.807, 2.05) is 13.0 Å². The maximum Gasteiger partial charge on any atom is 0.325 e. The molecule has 0 radical (unpaired) electrons. The van der Waals surface area contributed by atoms with Gasteiger partial charge in [0.1, 0.15) is 6.04 Å². The Bertz CT molecular complexity index is 404. The van der Waals surface area contributed by atoms with E-state index in [1.54, 1.807) is 12.3 Å². The smallest absolute Gasteiger partial charge is 0.325 e. The molecule has 1 aromatic rings. The lowest BCUT2D eigenvalue weighted by Gasteiger charge is -2.09. The maximum absolute atomic E-state index is 11.5. The van der Waals surface area contributed by atoms with Crippen molar-refractivity contribution in [1.82, 2.24) is 10.3 Å². The number of aliphatic carboxylic acids is 1. The summed E-state index contributed by atoms with van der Waals surface area (Å²) in [7, 11) is 0. The molecule has 16 heavy (non-hydrogen) atoms. The van der Waals surface area contributed by atoms with Crippen molar-refractivity contribution in [3.63, 3.8) is 0 Å². The molecule has 0 fully saturated rings. The molecule has 1 atom stereocenters. The molecule has 0 saturated heterocycles. The third-order valence-electron chi connectivity index (χ3n) is 2.19. The van der Waals surface area contributed by atoms with Gasteiger partial charge in [-0.05, 0) is 25.5 Å². The lowest BCUT2D eigenvalue weighted by molar-refractivity contribution is -0.141. The second-order valence-corrected chi connectivity index (χ2v) is 3.57. The van der Waals surface area contributed by atoms with Gasteiger partial charge < -0.3 is 10.4 Å². The molecular formula is C11H14N2O3. The number of carboxylic acids is 1. The van der Waals surface area contributed by atoms with Crippen LogP contribution < -0.4 is 5.32 Å². The summed E-state index contributed by atoms with van der Waals surface area (Å²) >= 11 is 0. The molecule has 0 aromatic carbocycles. The first-order valence-corrected chi connectivity index (χ1v) is 4.93.